The Morgan fingerprint density at radius 2 is 1.71 bits per heavy atom. The van der Waals surface area contributed by atoms with E-state index in [1.165, 1.54) is 12.0 Å². The van der Waals surface area contributed by atoms with Gasteiger partial charge in [0.2, 0.25) is 0 Å². The largest absolute Gasteiger partial charge is 0.514 e. The molecule has 2 atom stereocenters. The SMILES string of the molecule is COC(=O)N1CC[N+](C(=O)O)(C(C)(C)C)CC1C(=O)c1ccc2cc(OC)ccc2c1. The molecule has 166 valence electrons. The number of methoxy groups -OCH3 is 2. The number of quaternary nitrogens is 1. The molecular weight excluding hydrogens is 400 g/mol. The zero-order valence-corrected chi connectivity index (χ0v) is 18.5. The number of amides is 2. The second-order valence-corrected chi connectivity index (χ2v) is 8.80. The highest BCUT2D eigenvalue weighted by Crippen LogP contribution is 2.32. The number of carbonyl (C=O) groups is 3. The van der Waals surface area contributed by atoms with Gasteiger partial charge in [-0.3, -0.25) is 9.69 Å². The number of hydrogen-bond acceptors (Lipinski definition) is 5. The van der Waals surface area contributed by atoms with Crippen LogP contribution in [0.25, 0.3) is 10.8 Å². The number of rotatable bonds is 3. The fourth-order valence-corrected chi connectivity index (χ4v) is 4.25. The van der Waals surface area contributed by atoms with E-state index in [1.54, 1.807) is 19.2 Å². The highest BCUT2D eigenvalue weighted by molar-refractivity contribution is 6.04. The van der Waals surface area contributed by atoms with Gasteiger partial charge in [0.05, 0.1) is 20.8 Å². The second-order valence-electron chi connectivity index (χ2n) is 8.80. The molecule has 0 spiro atoms. The first-order valence-electron chi connectivity index (χ1n) is 10.1. The average Bonchev–Trinajstić information content (AvgIpc) is 2.75. The summed E-state index contributed by atoms with van der Waals surface area (Å²) in [5, 5.41) is 11.8. The molecule has 1 aliphatic rings. The van der Waals surface area contributed by atoms with Gasteiger partial charge in [-0.05, 0) is 49.7 Å². The number of fused-ring (bicyclic) bond motifs is 1. The van der Waals surface area contributed by atoms with Crippen molar-refractivity contribution in [3.8, 4) is 5.75 Å². The van der Waals surface area contributed by atoms with Crippen LogP contribution in [0.15, 0.2) is 36.4 Å². The van der Waals surface area contributed by atoms with Gasteiger partial charge < -0.3 is 14.6 Å². The molecule has 3 rings (SSSR count). The molecule has 2 aromatic rings. The molecule has 8 heteroatoms. The molecule has 1 heterocycles. The first-order chi connectivity index (χ1) is 14.5. The number of carbonyl (C=O) groups excluding carboxylic acids is 2. The molecule has 0 bridgehead atoms. The minimum atomic E-state index is -1.01. The predicted molar refractivity (Wildman–Crippen MR) is 116 cm³/mol. The van der Waals surface area contributed by atoms with E-state index >= 15 is 0 Å². The summed E-state index contributed by atoms with van der Waals surface area (Å²) in [6.45, 7) is 5.76. The average molecular weight is 429 g/mol. The lowest BCUT2D eigenvalue weighted by atomic mass is 9.93. The maximum Gasteiger partial charge on any atom is 0.514 e. The van der Waals surface area contributed by atoms with Crippen molar-refractivity contribution in [1.29, 1.82) is 0 Å². The smallest absolute Gasteiger partial charge is 0.497 e. The lowest BCUT2D eigenvalue weighted by Gasteiger charge is -2.50. The second kappa shape index (κ2) is 8.19. The van der Waals surface area contributed by atoms with Gasteiger partial charge in [0.25, 0.3) is 0 Å². The van der Waals surface area contributed by atoms with Crippen LogP contribution in [0.3, 0.4) is 0 Å². The van der Waals surface area contributed by atoms with Crippen LogP contribution in [0.4, 0.5) is 9.59 Å². The summed E-state index contributed by atoms with van der Waals surface area (Å²) in [5.74, 6) is 0.403. The van der Waals surface area contributed by atoms with Gasteiger partial charge in [0.1, 0.15) is 30.4 Å². The van der Waals surface area contributed by atoms with Gasteiger partial charge in [0, 0.05) is 5.56 Å². The predicted octanol–water partition coefficient (Wildman–Crippen LogP) is 3.78. The molecule has 1 saturated heterocycles. The van der Waals surface area contributed by atoms with Crippen LogP contribution in [0, 0.1) is 0 Å². The Morgan fingerprint density at radius 3 is 2.29 bits per heavy atom. The third-order valence-corrected chi connectivity index (χ3v) is 6.28. The molecule has 1 N–H and O–H groups in total. The maximum absolute atomic E-state index is 13.6. The summed E-state index contributed by atoms with van der Waals surface area (Å²) in [7, 11) is 2.84. The van der Waals surface area contributed by atoms with E-state index in [0.29, 0.717) is 11.3 Å². The van der Waals surface area contributed by atoms with E-state index in [-0.39, 0.29) is 29.9 Å². The number of piperazine rings is 1. The van der Waals surface area contributed by atoms with Crippen molar-refractivity contribution in [3.63, 3.8) is 0 Å². The minimum Gasteiger partial charge on any atom is -0.497 e. The molecule has 2 unspecified atom stereocenters. The Bertz CT molecular complexity index is 1030. The zero-order chi connectivity index (χ0) is 23.0. The number of ketones is 1. The van der Waals surface area contributed by atoms with Gasteiger partial charge in [-0.25, -0.2) is 9.28 Å². The summed E-state index contributed by atoms with van der Waals surface area (Å²) >= 11 is 0. The van der Waals surface area contributed by atoms with E-state index in [4.69, 9.17) is 9.47 Å². The van der Waals surface area contributed by atoms with E-state index in [9.17, 15) is 19.5 Å². The summed E-state index contributed by atoms with van der Waals surface area (Å²) in [6.07, 6.45) is -1.65. The van der Waals surface area contributed by atoms with Crippen LogP contribution in [-0.4, -0.2) is 77.9 Å². The number of carboxylic acid groups (broad SMARTS) is 1. The van der Waals surface area contributed by atoms with E-state index in [1.807, 2.05) is 45.0 Å². The van der Waals surface area contributed by atoms with Crippen molar-refractivity contribution in [2.45, 2.75) is 32.4 Å². The molecule has 0 radical (unpaired) electrons. The standard InChI is InChI=1S/C23H28N2O6/c1-23(2,3)25(22(28)29)11-10-24(21(27)31-5)19(14-25)20(26)17-7-6-16-13-18(30-4)9-8-15(16)12-17/h6-9,12-13,19H,10-11,14H2,1-5H3/p+1. The monoisotopic (exact) mass is 429 g/mol. The first-order valence-corrected chi connectivity index (χ1v) is 10.1. The highest BCUT2D eigenvalue weighted by atomic mass is 16.5. The van der Waals surface area contributed by atoms with Crippen LogP contribution in [-0.2, 0) is 4.74 Å². The molecule has 1 aliphatic heterocycles. The molecule has 0 aliphatic carbocycles. The first kappa shape index (κ1) is 22.6. The number of nitrogens with zero attached hydrogens (tertiary/aromatic N) is 2. The fraction of sp³-hybridized carbons (Fsp3) is 0.435. The normalized spacial score (nSPS) is 21.6. The summed E-state index contributed by atoms with van der Waals surface area (Å²) in [4.78, 5) is 39.6. The topological polar surface area (TPSA) is 93.1 Å². The summed E-state index contributed by atoms with van der Waals surface area (Å²) in [5.41, 5.74) is -0.247. The molecule has 2 aromatic carbocycles. The lowest BCUT2D eigenvalue weighted by molar-refractivity contribution is -0.908. The van der Waals surface area contributed by atoms with Gasteiger partial charge in [0.15, 0.2) is 5.78 Å². The van der Waals surface area contributed by atoms with Gasteiger partial charge in [-0.2, -0.15) is 4.79 Å². The minimum absolute atomic E-state index is 0.0343. The molecule has 0 aromatic heterocycles. The maximum atomic E-state index is 13.6. The van der Waals surface area contributed by atoms with E-state index < -0.39 is 23.8 Å². The van der Waals surface area contributed by atoms with Crippen molar-refractivity contribution >= 4 is 28.7 Å². The molecule has 2 amide bonds. The summed E-state index contributed by atoms with van der Waals surface area (Å²) in [6, 6.07) is 9.86. The van der Waals surface area contributed by atoms with Crippen LogP contribution in [0.2, 0.25) is 0 Å². The molecule has 8 nitrogen and oxygen atoms in total. The van der Waals surface area contributed by atoms with Gasteiger partial charge in [-0.1, -0.05) is 18.2 Å². The van der Waals surface area contributed by atoms with Crippen molar-refractivity contribution in [2.75, 3.05) is 33.9 Å². The highest BCUT2D eigenvalue weighted by Gasteiger charge is 2.55. The van der Waals surface area contributed by atoms with Crippen LogP contribution >= 0.6 is 0 Å². The van der Waals surface area contributed by atoms with E-state index in [2.05, 4.69) is 0 Å². The fourth-order valence-electron chi connectivity index (χ4n) is 4.25. The van der Waals surface area contributed by atoms with Crippen LogP contribution in [0.5, 0.6) is 5.75 Å². The number of ether oxygens (including phenoxy) is 2. The van der Waals surface area contributed by atoms with Crippen molar-refractivity contribution in [2.24, 2.45) is 0 Å². The van der Waals surface area contributed by atoms with Crippen molar-refractivity contribution < 1.29 is 33.4 Å². The Morgan fingerprint density at radius 1 is 1.06 bits per heavy atom. The van der Waals surface area contributed by atoms with E-state index in [0.717, 1.165) is 10.8 Å². The quantitative estimate of drug-likeness (QED) is 0.590. The number of Topliss-reactive ketones (excluding diaryl/α,β-unsaturated/α-hetero) is 1. The third kappa shape index (κ3) is 3.95. The Kier molecular flexibility index (Phi) is 5.96. The molecule has 31 heavy (non-hydrogen) atoms. The Hall–Kier alpha value is -3.13. The van der Waals surface area contributed by atoms with Crippen molar-refractivity contribution in [1.82, 2.24) is 4.90 Å². The lowest BCUT2D eigenvalue weighted by Crippen LogP contribution is -2.73. The van der Waals surface area contributed by atoms with Gasteiger partial charge >= 0.3 is 12.2 Å². The zero-order valence-electron chi connectivity index (χ0n) is 18.5. The Labute approximate surface area is 181 Å². The summed E-state index contributed by atoms with van der Waals surface area (Å²) < 4.78 is 9.81. The van der Waals surface area contributed by atoms with Gasteiger partial charge in [-0.15, -0.1) is 0 Å². The van der Waals surface area contributed by atoms with Crippen LogP contribution in [0.1, 0.15) is 31.1 Å². The molecule has 1 fully saturated rings. The molecule has 0 saturated carbocycles. The van der Waals surface area contributed by atoms with Crippen molar-refractivity contribution in [3.05, 3.63) is 42.0 Å². The third-order valence-electron chi connectivity index (χ3n) is 6.28. The Balaban J connectivity index is 2.04. The number of benzene rings is 2. The molecular formula is C23H29N2O6+. The van der Waals surface area contributed by atoms with Crippen LogP contribution < -0.4 is 4.74 Å². The number of hydrogen-bond donors (Lipinski definition) is 1.